The average molecular weight is 427 g/mol. The summed E-state index contributed by atoms with van der Waals surface area (Å²) in [5.41, 5.74) is 6.62. The van der Waals surface area contributed by atoms with Gasteiger partial charge in [0.1, 0.15) is 0 Å². The second-order valence-electron chi connectivity index (χ2n) is 8.93. The fourth-order valence-corrected chi connectivity index (χ4v) is 4.88. The van der Waals surface area contributed by atoms with Gasteiger partial charge in [0.2, 0.25) is 0 Å². The number of esters is 1. The molecule has 3 heteroatoms. The molecule has 0 aromatic heterocycles. The van der Waals surface area contributed by atoms with Gasteiger partial charge in [-0.05, 0) is 54.5 Å². The van der Waals surface area contributed by atoms with Crippen LogP contribution in [0.5, 0.6) is 0 Å². The highest BCUT2D eigenvalue weighted by atomic mass is 16.5. The van der Waals surface area contributed by atoms with E-state index in [1.54, 1.807) is 0 Å². The first-order valence-corrected chi connectivity index (χ1v) is 11.4. The number of ketones is 1. The Labute approximate surface area is 190 Å². The van der Waals surface area contributed by atoms with Crippen LogP contribution in [0.1, 0.15) is 62.6 Å². The van der Waals surface area contributed by atoms with Crippen molar-refractivity contribution < 1.29 is 14.3 Å². The van der Waals surface area contributed by atoms with Crippen LogP contribution in [0.3, 0.4) is 0 Å². The van der Waals surface area contributed by atoms with Gasteiger partial charge in [0, 0.05) is 17.1 Å². The highest BCUT2D eigenvalue weighted by Crippen LogP contribution is 2.49. The standard InChI is InChI=1S/C29H30O3/c1-5-32-29(31)25-19(4)15-23-17-24(16-20-9-7-6-8-10-20)28(30)27(23)26(25)22-13-11-21(12-14-22)18(2)3/h6-16,18,26-27H,5,17H2,1-4H3/b24-16-. The van der Waals surface area contributed by atoms with Gasteiger partial charge < -0.3 is 4.74 Å². The van der Waals surface area contributed by atoms with E-state index in [0.717, 1.165) is 27.8 Å². The molecular formula is C29H30O3. The summed E-state index contributed by atoms with van der Waals surface area (Å²) < 4.78 is 5.42. The lowest BCUT2D eigenvalue weighted by Crippen LogP contribution is -2.28. The van der Waals surface area contributed by atoms with E-state index < -0.39 is 0 Å². The molecule has 0 aliphatic heterocycles. The van der Waals surface area contributed by atoms with Crippen LogP contribution in [0.2, 0.25) is 0 Å². The average Bonchev–Trinajstić information content (AvgIpc) is 3.08. The van der Waals surface area contributed by atoms with E-state index in [1.165, 1.54) is 5.56 Å². The van der Waals surface area contributed by atoms with Crippen LogP contribution in [0.25, 0.3) is 6.08 Å². The maximum atomic E-state index is 13.7. The summed E-state index contributed by atoms with van der Waals surface area (Å²) in [6.07, 6.45) is 4.63. The zero-order valence-corrected chi connectivity index (χ0v) is 19.2. The quantitative estimate of drug-likeness (QED) is 0.411. The Morgan fingerprint density at radius 1 is 1.06 bits per heavy atom. The van der Waals surface area contributed by atoms with Crippen molar-refractivity contribution in [3.8, 4) is 0 Å². The molecule has 2 aromatic rings. The molecule has 2 aliphatic carbocycles. The van der Waals surface area contributed by atoms with Crippen LogP contribution in [0.15, 0.2) is 83.0 Å². The minimum atomic E-state index is -0.363. The smallest absolute Gasteiger partial charge is 0.334 e. The van der Waals surface area contributed by atoms with Crippen LogP contribution in [0.4, 0.5) is 0 Å². The first-order valence-electron chi connectivity index (χ1n) is 11.4. The van der Waals surface area contributed by atoms with Gasteiger partial charge in [0.25, 0.3) is 0 Å². The Balaban J connectivity index is 1.79. The molecule has 0 amide bonds. The first kappa shape index (κ1) is 22.0. The fraction of sp³-hybridized carbons (Fsp3) is 0.310. The Bertz CT molecular complexity index is 1110. The molecule has 1 saturated carbocycles. The molecule has 32 heavy (non-hydrogen) atoms. The van der Waals surface area contributed by atoms with E-state index in [2.05, 4.69) is 38.1 Å². The van der Waals surface area contributed by atoms with Crippen molar-refractivity contribution in [2.24, 2.45) is 5.92 Å². The predicted molar refractivity (Wildman–Crippen MR) is 128 cm³/mol. The number of hydrogen-bond acceptors (Lipinski definition) is 3. The summed E-state index contributed by atoms with van der Waals surface area (Å²) in [6.45, 7) is 8.39. The van der Waals surface area contributed by atoms with Crippen LogP contribution < -0.4 is 0 Å². The summed E-state index contributed by atoms with van der Waals surface area (Å²) in [6, 6.07) is 18.3. The third-order valence-corrected chi connectivity index (χ3v) is 6.46. The second-order valence-corrected chi connectivity index (χ2v) is 8.93. The molecule has 0 N–H and O–H groups in total. The van der Waals surface area contributed by atoms with Gasteiger partial charge in [0.05, 0.1) is 12.5 Å². The Hall–Kier alpha value is -3.20. The van der Waals surface area contributed by atoms with Crippen LogP contribution in [-0.2, 0) is 14.3 Å². The number of carbonyl (C=O) groups excluding carboxylic acids is 2. The van der Waals surface area contributed by atoms with E-state index >= 15 is 0 Å². The van der Waals surface area contributed by atoms with Crippen molar-refractivity contribution in [1.82, 2.24) is 0 Å². The molecule has 0 spiro atoms. The van der Waals surface area contributed by atoms with Gasteiger partial charge in [-0.25, -0.2) is 4.79 Å². The van der Waals surface area contributed by atoms with E-state index in [9.17, 15) is 9.59 Å². The molecule has 0 radical (unpaired) electrons. The molecule has 0 bridgehead atoms. The number of benzene rings is 2. The second kappa shape index (κ2) is 9.12. The summed E-state index contributed by atoms with van der Waals surface area (Å²) >= 11 is 0. The number of carbonyl (C=O) groups is 2. The lowest BCUT2D eigenvalue weighted by Gasteiger charge is -2.30. The van der Waals surface area contributed by atoms with Crippen molar-refractivity contribution in [3.63, 3.8) is 0 Å². The monoisotopic (exact) mass is 426 g/mol. The van der Waals surface area contributed by atoms with Gasteiger partial charge in [-0.2, -0.15) is 0 Å². The normalized spacial score (nSPS) is 21.7. The van der Waals surface area contributed by atoms with Crippen molar-refractivity contribution in [2.75, 3.05) is 6.61 Å². The number of rotatable bonds is 5. The molecule has 4 rings (SSSR count). The van der Waals surface area contributed by atoms with E-state index in [0.29, 0.717) is 24.5 Å². The lowest BCUT2D eigenvalue weighted by molar-refractivity contribution is -0.139. The Morgan fingerprint density at radius 2 is 1.75 bits per heavy atom. The zero-order valence-electron chi connectivity index (χ0n) is 19.2. The molecule has 2 unspecified atom stereocenters. The van der Waals surface area contributed by atoms with Crippen molar-refractivity contribution >= 4 is 17.8 Å². The van der Waals surface area contributed by atoms with Gasteiger partial charge in [-0.3, -0.25) is 4.79 Å². The number of hydrogen-bond donors (Lipinski definition) is 0. The minimum absolute atomic E-state index is 0.104. The molecule has 0 heterocycles. The number of Topliss-reactive ketones (excluding diaryl/α,β-unsaturated/α-hetero) is 1. The van der Waals surface area contributed by atoms with Crippen molar-refractivity contribution in [1.29, 1.82) is 0 Å². The number of ether oxygens (including phenoxy) is 1. The first-order chi connectivity index (χ1) is 15.4. The molecule has 164 valence electrons. The third-order valence-electron chi connectivity index (χ3n) is 6.46. The van der Waals surface area contributed by atoms with Crippen molar-refractivity contribution in [2.45, 2.75) is 46.0 Å². The highest BCUT2D eigenvalue weighted by molar-refractivity contribution is 6.09. The van der Waals surface area contributed by atoms with E-state index in [-0.39, 0.29) is 23.6 Å². The largest absolute Gasteiger partial charge is 0.463 e. The summed E-state index contributed by atoms with van der Waals surface area (Å²) in [5, 5.41) is 0. The molecule has 1 fully saturated rings. The molecule has 2 atom stereocenters. The topological polar surface area (TPSA) is 43.4 Å². The SMILES string of the molecule is CCOC(=O)C1=C(C)C=C2C/C(=C/c3ccccc3)C(=O)C2C1c1ccc(C(C)C)cc1. The maximum Gasteiger partial charge on any atom is 0.334 e. The number of fused-ring (bicyclic) bond motifs is 1. The predicted octanol–water partition coefficient (Wildman–Crippen LogP) is 6.39. The van der Waals surface area contributed by atoms with Crippen LogP contribution in [-0.4, -0.2) is 18.4 Å². The summed E-state index contributed by atoms with van der Waals surface area (Å²) in [5.74, 6) is -0.498. The summed E-state index contributed by atoms with van der Waals surface area (Å²) in [4.78, 5) is 26.7. The lowest BCUT2D eigenvalue weighted by atomic mass is 9.72. The number of allylic oxidation sites excluding steroid dienone is 4. The molecule has 0 saturated heterocycles. The summed E-state index contributed by atoms with van der Waals surface area (Å²) in [7, 11) is 0. The minimum Gasteiger partial charge on any atom is -0.463 e. The molecular weight excluding hydrogens is 396 g/mol. The third kappa shape index (κ3) is 4.12. The van der Waals surface area contributed by atoms with Gasteiger partial charge in [-0.1, -0.05) is 80.1 Å². The Morgan fingerprint density at radius 3 is 2.38 bits per heavy atom. The van der Waals surface area contributed by atoms with Gasteiger partial charge in [-0.15, -0.1) is 0 Å². The van der Waals surface area contributed by atoms with Crippen molar-refractivity contribution in [3.05, 3.63) is 99.7 Å². The van der Waals surface area contributed by atoms with Crippen LogP contribution in [0, 0.1) is 5.92 Å². The molecule has 3 nitrogen and oxygen atoms in total. The molecule has 2 aliphatic rings. The van der Waals surface area contributed by atoms with Gasteiger partial charge in [0.15, 0.2) is 5.78 Å². The van der Waals surface area contributed by atoms with E-state index in [4.69, 9.17) is 4.74 Å². The van der Waals surface area contributed by atoms with Crippen LogP contribution >= 0.6 is 0 Å². The fourth-order valence-electron chi connectivity index (χ4n) is 4.88. The van der Waals surface area contributed by atoms with Gasteiger partial charge >= 0.3 is 5.97 Å². The maximum absolute atomic E-state index is 13.7. The molecule has 2 aromatic carbocycles. The Kier molecular flexibility index (Phi) is 6.27. The zero-order chi connectivity index (χ0) is 22.8. The van der Waals surface area contributed by atoms with E-state index in [1.807, 2.05) is 56.3 Å². The highest BCUT2D eigenvalue weighted by Gasteiger charge is 2.45.